The van der Waals surface area contributed by atoms with E-state index in [1.165, 1.54) is 30.3 Å². The van der Waals surface area contributed by atoms with Gasteiger partial charge in [-0.15, -0.1) is 6.58 Å². The molecule has 274 valence electrons. The van der Waals surface area contributed by atoms with Gasteiger partial charge in [0.25, 0.3) is 11.6 Å². The van der Waals surface area contributed by atoms with Crippen molar-refractivity contribution in [3.05, 3.63) is 47.0 Å². The molecule has 2 unspecified atom stereocenters. The Morgan fingerprint density at radius 2 is 1.72 bits per heavy atom. The molecule has 1 aromatic rings. The average Bonchev–Trinajstić information content (AvgIpc) is 3.91. The number of nitrogens with zero attached hydrogens (tertiary/aromatic N) is 2. The van der Waals surface area contributed by atoms with E-state index >= 15 is 0 Å². The lowest BCUT2D eigenvalue weighted by Crippen LogP contribution is -2.60. The zero-order valence-electron chi connectivity index (χ0n) is 28.8. The number of hydrogen-bond donors (Lipinski definition) is 4. The number of nitro benzene ring substituents is 1. The van der Waals surface area contributed by atoms with Crippen LogP contribution in [0.15, 0.2) is 36.9 Å². The van der Waals surface area contributed by atoms with Gasteiger partial charge in [-0.2, -0.15) is 0 Å². The fourth-order valence-corrected chi connectivity index (χ4v) is 7.03. The number of nitrogens with one attached hydrogen (secondary N) is 4. The molecule has 4 rings (SSSR count). The molecule has 1 aromatic carbocycles. The zero-order chi connectivity index (χ0) is 37.4. The van der Waals surface area contributed by atoms with Crippen LogP contribution < -0.4 is 20.7 Å². The van der Waals surface area contributed by atoms with Crippen LogP contribution in [0.25, 0.3) is 0 Å². The Bertz CT molecular complexity index is 1680. The number of benzene rings is 1. The van der Waals surface area contributed by atoms with Crippen LogP contribution in [-0.2, 0) is 33.9 Å². The van der Waals surface area contributed by atoms with E-state index in [4.69, 9.17) is 9.47 Å². The quantitative estimate of drug-likeness (QED) is 0.147. The number of amides is 5. The summed E-state index contributed by atoms with van der Waals surface area (Å²) in [6, 6.07) is 2.78. The van der Waals surface area contributed by atoms with Crippen molar-refractivity contribution in [2.45, 2.75) is 102 Å². The lowest BCUT2D eigenvalue weighted by Gasteiger charge is -2.36. The van der Waals surface area contributed by atoms with Crippen LogP contribution in [0.1, 0.15) is 67.2 Å². The van der Waals surface area contributed by atoms with Crippen molar-refractivity contribution < 1.29 is 46.8 Å². The Balaban J connectivity index is 1.60. The van der Waals surface area contributed by atoms with E-state index in [2.05, 4.69) is 27.3 Å². The number of likely N-dealkylation sites (tertiary alicyclic amines) is 1. The summed E-state index contributed by atoms with van der Waals surface area (Å²) in [5.74, 6) is -3.10. The molecular weight excluding hydrogens is 676 g/mol. The standard InChI is InChI=1S/C32H44N6O11S/c1-8-18-16-32(18,27(41)36-50(46,47)20-13-14-20)35-25(39)23-15-19(48-28(42)33-21-11-9-10-12-22(21)38(44)45)17-37(23)26(40)24(30(2,3)4)34-29(43)49-31(5,6)7/h8-12,18-20,23-24H,1,13-17H2,2-7H3,(H,33,42)(H,34,43)(H,35,39)(H,36,41)/t18?,19-,23+,24-,32?/m1/s1. The van der Waals surface area contributed by atoms with Crippen LogP contribution in [0.2, 0.25) is 0 Å². The number of nitro groups is 1. The predicted molar refractivity (Wildman–Crippen MR) is 179 cm³/mol. The van der Waals surface area contributed by atoms with Crippen molar-refractivity contribution in [3.63, 3.8) is 0 Å². The van der Waals surface area contributed by atoms with Gasteiger partial charge in [-0.1, -0.05) is 39.0 Å². The third-order valence-electron chi connectivity index (χ3n) is 8.48. The van der Waals surface area contributed by atoms with Gasteiger partial charge in [0.05, 0.1) is 16.7 Å². The highest BCUT2D eigenvalue weighted by molar-refractivity contribution is 7.91. The number of para-hydroxylation sites is 2. The van der Waals surface area contributed by atoms with E-state index in [0.717, 1.165) is 4.90 Å². The van der Waals surface area contributed by atoms with E-state index in [9.17, 15) is 42.5 Å². The fourth-order valence-electron chi connectivity index (χ4n) is 5.66. The van der Waals surface area contributed by atoms with Gasteiger partial charge in [-0.3, -0.25) is 34.5 Å². The Hall–Kier alpha value is -4.74. The Morgan fingerprint density at radius 3 is 2.26 bits per heavy atom. The first-order chi connectivity index (χ1) is 23.1. The molecule has 17 nitrogen and oxygen atoms in total. The van der Waals surface area contributed by atoms with Crippen LogP contribution in [0.5, 0.6) is 0 Å². The summed E-state index contributed by atoms with van der Waals surface area (Å²) in [5, 5.41) is 18.3. The third kappa shape index (κ3) is 8.88. The Labute approximate surface area is 290 Å². The molecule has 0 radical (unpaired) electrons. The van der Waals surface area contributed by atoms with Gasteiger partial charge in [-0.05, 0) is 51.5 Å². The van der Waals surface area contributed by atoms with E-state index in [1.807, 2.05) is 0 Å². The minimum atomic E-state index is -3.96. The first-order valence-corrected chi connectivity index (χ1v) is 17.6. The molecule has 5 amide bonds. The molecule has 5 atom stereocenters. The molecule has 4 N–H and O–H groups in total. The Morgan fingerprint density at radius 1 is 1.08 bits per heavy atom. The summed E-state index contributed by atoms with van der Waals surface area (Å²) in [4.78, 5) is 79.1. The number of sulfonamides is 1. The van der Waals surface area contributed by atoms with Crippen molar-refractivity contribution in [2.75, 3.05) is 11.9 Å². The Kier molecular flexibility index (Phi) is 10.6. The van der Waals surface area contributed by atoms with Crippen molar-refractivity contribution in [1.82, 2.24) is 20.3 Å². The second-order valence-electron chi connectivity index (χ2n) is 14.8. The number of anilines is 1. The van der Waals surface area contributed by atoms with Crippen LogP contribution in [-0.4, -0.2) is 89.3 Å². The predicted octanol–water partition coefficient (Wildman–Crippen LogP) is 2.72. The van der Waals surface area contributed by atoms with E-state index in [0.29, 0.717) is 12.8 Å². The molecule has 50 heavy (non-hydrogen) atoms. The molecule has 0 bridgehead atoms. The van der Waals surface area contributed by atoms with Gasteiger partial charge in [0.1, 0.15) is 35.0 Å². The van der Waals surface area contributed by atoms with Gasteiger partial charge in [0.2, 0.25) is 21.8 Å². The minimum Gasteiger partial charge on any atom is -0.444 e. The maximum atomic E-state index is 14.2. The topological polar surface area (TPSA) is 232 Å². The molecular formula is C32H44N6O11S. The maximum absolute atomic E-state index is 14.2. The highest BCUT2D eigenvalue weighted by Gasteiger charge is 2.62. The van der Waals surface area contributed by atoms with Crippen molar-refractivity contribution in [2.24, 2.45) is 11.3 Å². The van der Waals surface area contributed by atoms with Gasteiger partial charge < -0.3 is 25.0 Å². The van der Waals surface area contributed by atoms with Gasteiger partial charge in [0.15, 0.2) is 0 Å². The van der Waals surface area contributed by atoms with E-state index in [1.54, 1.807) is 41.5 Å². The first-order valence-electron chi connectivity index (χ1n) is 16.1. The molecule has 18 heteroatoms. The lowest BCUT2D eigenvalue weighted by atomic mass is 9.85. The second kappa shape index (κ2) is 13.9. The van der Waals surface area contributed by atoms with Crippen molar-refractivity contribution in [1.29, 1.82) is 0 Å². The molecule has 0 aromatic heterocycles. The van der Waals surface area contributed by atoms with Gasteiger partial charge in [0, 0.05) is 18.4 Å². The lowest BCUT2D eigenvalue weighted by molar-refractivity contribution is -0.383. The molecule has 3 fully saturated rings. The van der Waals surface area contributed by atoms with Crippen molar-refractivity contribution >= 4 is 51.3 Å². The summed E-state index contributed by atoms with van der Waals surface area (Å²) in [6.45, 7) is 13.4. The minimum absolute atomic E-state index is 0.0535. The SMILES string of the molecule is C=CC1CC1(NC(=O)[C@@H]1C[C@@H](OC(=O)Nc2ccccc2[N+](=O)[O-])CN1C(=O)[C@@H](NC(=O)OC(C)(C)C)C(C)(C)C)C(=O)NS(=O)(=O)C1CC1. The molecule has 1 heterocycles. The molecule has 3 aliphatic rings. The largest absolute Gasteiger partial charge is 0.444 e. The number of carbonyl (C=O) groups excluding carboxylic acids is 5. The fraction of sp³-hybridized carbons (Fsp3) is 0.594. The van der Waals surface area contributed by atoms with E-state index < -0.39 is 90.8 Å². The summed E-state index contributed by atoms with van der Waals surface area (Å²) in [7, 11) is -3.96. The normalized spacial score (nSPS) is 23.9. The number of rotatable bonds is 11. The maximum Gasteiger partial charge on any atom is 0.412 e. The highest BCUT2D eigenvalue weighted by atomic mass is 32.2. The number of carbonyl (C=O) groups is 5. The zero-order valence-corrected chi connectivity index (χ0v) is 29.6. The summed E-state index contributed by atoms with van der Waals surface area (Å²) in [5.41, 5.74) is -3.99. The summed E-state index contributed by atoms with van der Waals surface area (Å²) in [6.07, 6.45) is -1.07. The van der Waals surface area contributed by atoms with Crippen LogP contribution in [0.4, 0.5) is 21.0 Å². The van der Waals surface area contributed by atoms with E-state index in [-0.39, 0.29) is 30.8 Å². The molecule has 2 saturated carbocycles. The van der Waals surface area contributed by atoms with Gasteiger partial charge in [-0.25, -0.2) is 18.0 Å². The first kappa shape index (κ1) is 38.1. The van der Waals surface area contributed by atoms with Gasteiger partial charge >= 0.3 is 12.2 Å². The van der Waals surface area contributed by atoms with Crippen molar-refractivity contribution in [3.8, 4) is 0 Å². The number of hydrogen-bond acceptors (Lipinski definition) is 11. The molecule has 1 aliphatic heterocycles. The van der Waals surface area contributed by atoms with Crippen LogP contribution in [0, 0.1) is 21.4 Å². The second-order valence-corrected chi connectivity index (χ2v) is 16.8. The molecule has 2 aliphatic carbocycles. The molecule has 1 saturated heterocycles. The van der Waals surface area contributed by atoms with Crippen LogP contribution >= 0.6 is 0 Å². The number of ether oxygens (including phenoxy) is 2. The summed E-state index contributed by atoms with van der Waals surface area (Å²) < 4.78 is 38.1. The summed E-state index contributed by atoms with van der Waals surface area (Å²) >= 11 is 0. The smallest absolute Gasteiger partial charge is 0.412 e. The molecule has 0 spiro atoms. The van der Waals surface area contributed by atoms with Crippen LogP contribution in [0.3, 0.4) is 0 Å². The monoisotopic (exact) mass is 720 g/mol. The highest BCUT2D eigenvalue weighted by Crippen LogP contribution is 2.45. The third-order valence-corrected chi connectivity index (χ3v) is 10.3. The average molecular weight is 721 g/mol. The number of alkyl carbamates (subject to hydrolysis) is 1.